The Morgan fingerprint density at radius 3 is 2.79 bits per heavy atom. The number of ether oxygens (including phenoxy) is 1. The van der Waals surface area contributed by atoms with Gasteiger partial charge in [0.05, 0.1) is 6.20 Å². The van der Waals surface area contributed by atoms with E-state index in [0.29, 0.717) is 18.8 Å². The number of carbonyl (C=O) groups is 1. The van der Waals surface area contributed by atoms with Gasteiger partial charge >= 0.3 is 0 Å². The highest BCUT2D eigenvalue weighted by atomic mass is 16.5. The Kier molecular flexibility index (Phi) is 5.44. The summed E-state index contributed by atoms with van der Waals surface area (Å²) in [5, 5.41) is 4.12. The number of aromatic amines is 1. The average molecular weight is 439 g/mol. The largest absolute Gasteiger partial charge is 0.490 e. The normalized spacial score (nSPS) is 13.7. The molecule has 4 aromatic rings. The third kappa shape index (κ3) is 4.13. The van der Waals surface area contributed by atoms with Gasteiger partial charge in [0.15, 0.2) is 0 Å². The minimum absolute atomic E-state index is 0.0541. The molecule has 0 unspecified atom stereocenters. The van der Waals surface area contributed by atoms with Crippen LogP contribution in [0.5, 0.6) is 5.75 Å². The molecule has 0 spiro atoms. The van der Waals surface area contributed by atoms with Gasteiger partial charge in [-0.2, -0.15) is 0 Å². The number of hydrogen-bond donors (Lipinski definition) is 3. The number of fused-ring (bicyclic) bond motifs is 2. The second kappa shape index (κ2) is 8.56. The van der Waals surface area contributed by atoms with E-state index in [1.54, 1.807) is 12.4 Å². The van der Waals surface area contributed by atoms with Crippen LogP contribution in [0.4, 0.5) is 5.69 Å². The number of para-hydroxylation sites is 1. The summed E-state index contributed by atoms with van der Waals surface area (Å²) in [5.41, 5.74) is 14.0. The minimum atomic E-state index is -0.148. The number of amides is 1. The van der Waals surface area contributed by atoms with Gasteiger partial charge in [-0.15, -0.1) is 0 Å². The molecule has 2 aromatic carbocycles. The van der Waals surface area contributed by atoms with Crippen molar-refractivity contribution in [3.8, 4) is 16.9 Å². The first kappa shape index (κ1) is 21.0. The van der Waals surface area contributed by atoms with E-state index in [2.05, 4.69) is 27.4 Å². The lowest BCUT2D eigenvalue weighted by atomic mass is 9.98. The first-order valence-electron chi connectivity index (χ1n) is 11.0. The summed E-state index contributed by atoms with van der Waals surface area (Å²) in [5.74, 6) is 0.612. The molecule has 166 valence electrons. The second-order valence-electron chi connectivity index (χ2n) is 8.63. The Labute approximate surface area is 192 Å². The number of allylic oxidation sites excluding steroid dienone is 1. The summed E-state index contributed by atoms with van der Waals surface area (Å²) in [6.07, 6.45) is 6.23. The van der Waals surface area contributed by atoms with Crippen molar-refractivity contribution in [1.82, 2.24) is 9.97 Å². The van der Waals surface area contributed by atoms with E-state index < -0.39 is 0 Å². The molecular weight excluding hydrogens is 412 g/mol. The summed E-state index contributed by atoms with van der Waals surface area (Å²) in [4.78, 5) is 19.9. The average Bonchev–Trinajstić information content (AvgIpc) is 3.37. The van der Waals surface area contributed by atoms with Gasteiger partial charge in [-0.25, -0.2) is 0 Å². The highest BCUT2D eigenvalue weighted by Crippen LogP contribution is 2.37. The molecule has 1 aliphatic heterocycles. The van der Waals surface area contributed by atoms with Crippen LogP contribution >= 0.6 is 0 Å². The fourth-order valence-electron chi connectivity index (χ4n) is 4.34. The summed E-state index contributed by atoms with van der Waals surface area (Å²) >= 11 is 0. The molecule has 0 aliphatic carbocycles. The molecule has 2 aromatic heterocycles. The van der Waals surface area contributed by atoms with E-state index >= 15 is 0 Å². The minimum Gasteiger partial charge on any atom is -0.490 e. The SMILES string of the molecule is CC(C)=C1C(=O)Nc2ccc(-c3cncc(OC[C@H](N)Cc4c[nH]c5ccccc45)c3)cc21. The Morgan fingerprint density at radius 1 is 1.09 bits per heavy atom. The van der Waals surface area contributed by atoms with E-state index in [4.69, 9.17) is 10.5 Å². The Hall–Kier alpha value is -3.90. The van der Waals surface area contributed by atoms with Crippen LogP contribution in [-0.2, 0) is 11.2 Å². The number of carbonyl (C=O) groups excluding carboxylic acids is 1. The number of pyridine rings is 1. The zero-order valence-corrected chi connectivity index (χ0v) is 18.7. The van der Waals surface area contributed by atoms with Gasteiger partial charge in [0.2, 0.25) is 0 Å². The van der Waals surface area contributed by atoms with Gasteiger partial charge in [0.1, 0.15) is 12.4 Å². The Bertz CT molecular complexity index is 1380. The Balaban J connectivity index is 1.30. The molecule has 0 saturated carbocycles. The van der Waals surface area contributed by atoms with E-state index in [1.807, 2.05) is 56.4 Å². The molecule has 6 heteroatoms. The first-order valence-corrected chi connectivity index (χ1v) is 11.0. The van der Waals surface area contributed by atoms with Crippen molar-refractivity contribution in [2.24, 2.45) is 5.73 Å². The molecule has 1 amide bonds. The van der Waals surface area contributed by atoms with Crippen molar-refractivity contribution in [3.05, 3.63) is 83.8 Å². The van der Waals surface area contributed by atoms with E-state index in [9.17, 15) is 4.79 Å². The second-order valence-corrected chi connectivity index (χ2v) is 8.63. The third-order valence-electron chi connectivity index (χ3n) is 5.93. The van der Waals surface area contributed by atoms with E-state index in [1.165, 1.54) is 10.9 Å². The van der Waals surface area contributed by atoms with Gasteiger partial charge in [0, 0.05) is 51.7 Å². The van der Waals surface area contributed by atoms with E-state index in [-0.39, 0.29) is 11.9 Å². The van der Waals surface area contributed by atoms with Crippen LogP contribution < -0.4 is 15.8 Å². The number of nitrogens with one attached hydrogen (secondary N) is 2. The van der Waals surface area contributed by atoms with Crippen molar-refractivity contribution in [3.63, 3.8) is 0 Å². The van der Waals surface area contributed by atoms with Crippen molar-refractivity contribution >= 4 is 28.1 Å². The molecule has 0 fully saturated rings. The predicted molar refractivity (Wildman–Crippen MR) is 132 cm³/mol. The highest BCUT2D eigenvalue weighted by molar-refractivity contribution is 6.32. The maximum absolute atomic E-state index is 12.3. The number of nitrogens with zero attached hydrogens (tertiary/aromatic N) is 1. The molecule has 1 aliphatic rings. The predicted octanol–water partition coefficient (Wildman–Crippen LogP) is 4.92. The smallest absolute Gasteiger partial charge is 0.256 e. The van der Waals surface area contributed by atoms with Gasteiger partial charge < -0.3 is 20.8 Å². The number of anilines is 1. The number of rotatable bonds is 6. The standard InChI is InChI=1S/C27H26N4O2/c1-16(2)26-23-11-17(7-8-25(23)31-27(26)32)18-10-21(14-29-12-18)33-15-20(28)9-19-13-30-24-6-4-3-5-22(19)24/h3-8,10-14,20,30H,9,15,28H2,1-2H3,(H,31,32)/t20-/m1/s1. The molecular formula is C27H26N4O2. The molecule has 1 atom stereocenters. The summed E-state index contributed by atoms with van der Waals surface area (Å²) in [6.45, 7) is 4.29. The van der Waals surface area contributed by atoms with Crippen molar-refractivity contribution < 1.29 is 9.53 Å². The molecule has 0 bridgehead atoms. The monoisotopic (exact) mass is 438 g/mol. The molecule has 4 N–H and O–H groups in total. The highest BCUT2D eigenvalue weighted by Gasteiger charge is 2.25. The van der Waals surface area contributed by atoms with Crippen LogP contribution in [-0.4, -0.2) is 28.5 Å². The lowest BCUT2D eigenvalue weighted by Crippen LogP contribution is -2.30. The first-order chi connectivity index (χ1) is 16.0. The quantitative estimate of drug-likeness (QED) is 0.372. The fourth-order valence-corrected chi connectivity index (χ4v) is 4.34. The molecule has 0 saturated heterocycles. The van der Waals surface area contributed by atoms with Gasteiger partial charge in [0.25, 0.3) is 5.91 Å². The number of aromatic nitrogens is 2. The van der Waals surface area contributed by atoms with Crippen LogP contribution in [0.15, 0.2) is 72.7 Å². The molecule has 5 rings (SSSR count). The van der Waals surface area contributed by atoms with Crippen molar-refractivity contribution in [1.29, 1.82) is 0 Å². The van der Waals surface area contributed by atoms with Crippen molar-refractivity contribution in [2.45, 2.75) is 26.3 Å². The maximum Gasteiger partial charge on any atom is 0.256 e. The zero-order valence-electron chi connectivity index (χ0n) is 18.7. The zero-order chi connectivity index (χ0) is 22.9. The number of H-pyrrole nitrogens is 1. The fraction of sp³-hybridized carbons (Fsp3) is 0.185. The van der Waals surface area contributed by atoms with Crippen LogP contribution in [0, 0.1) is 0 Å². The summed E-state index contributed by atoms with van der Waals surface area (Å²) in [7, 11) is 0. The lowest BCUT2D eigenvalue weighted by Gasteiger charge is -2.13. The van der Waals surface area contributed by atoms with Crippen LogP contribution in [0.25, 0.3) is 27.6 Å². The van der Waals surface area contributed by atoms with Crippen LogP contribution in [0.2, 0.25) is 0 Å². The van der Waals surface area contributed by atoms with E-state index in [0.717, 1.165) is 39.0 Å². The van der Waals surface area contributed by atoms with Crippen LogP contribution in [0.3, 0.4) is 0 Å². The van der Waals surface area contributed by atoms with Gasteiger partial charge in [-0.3, -0.25) is 9.78 Å². The molecule has 3 heterocycles. The third-order valence-corrected chi connectivity index (χ3v) is 5.93. The van der Waals surface area contributed by atoms with Gasteiger partial charge in [-0.05, 0) is 55.7 Å². The number of nitrogens with two attached hydrogens (primary N) is 1. The molecule has 0 radical (unpaired) electrons. The molecule has 6 nitrogen and oxygen atoms in total. The van der Waals surface area contributed by atoms with Crippen molar-refractivity contribution in [2.75, 3.05) is 11.9 Å². The summed E-state index contributed by atoms with van der Waals surface area (Å²) in [6, 6.07) is 16.0. The lowest BCUT2D eigenvalue weighted by molar-refractivity contribution is -0.110. The number of benzene rings is 2. The van der Waals surface area contributed by atoms with Crippen LogP contribution in [0.1, 0.15) is 25.0 Å². The maximum atomic E-state index is 12.3. The summed E-state index contributed by atoms with van der Waals surface area (Å²) < 4.78 is 5.99. The number of hydrogen-bond acceptors (Lipinski definition) is 4. The molecule has 33 heavy (non-hydrogen) atoms. The van der Waals surface area contributed by atoms with Gasteiger partial charge in [-0.1, -0.05) is 29.8 Å². The Morgan fingerprint density at radius 2 is 1.94 bits per heavy atom. The topological polar surface area (TPSA) is 93.0 Å².